The molecule has 1 fully saturated rings. The van der Waals surface area contributed by atoms with E-state index in [9.17, 15) is 37.1 Å². The van der Waals surface area contributed by atoms with Crippen LogP contribution in [0.4, 0.5) is 28.0 Å². The van der Waals surface area contributed by atoms with E-state index in [0.717, 1.165) is 24.6 Å². The Bertz CT molecular complexity index is 1920. The Morgan fingerprint density at radius 1 is 1.11 bits per heavy atom. The predicted molar refractivity (Wildman–Crippen MR) is 161 cm³/mol. The van der Waals surface area contributed by atoms with Gasteiger partial charge in [-0.2, -0.15) is 13.2 Å². The number of rotatable bonds is 7. The number of hydrogen-bond donors (Lipinski definition) is 4. The predicted octanol–water partition coefficient (Wildman–Crippen LogP) is 3.99. The Kier molecular flexibility index (Phi) is 7.74. The number of amides is 4. The van der Waals surface area contributed by atoms with E-state index in [2.05, 4.69) is 20.6 Å². The van der Waals surface area contributed by atoms with Crippen molar-refractivity contribution >= 4 is 34.4 Å². The van der Waals surface area contributed by atoms with Gasteiger partial charge in [0.15, 0.2) is 0 Å². The van der Waals surface area contributed by atoms with Crippen LogP contribution in [0.1, 0.15) is 35.0 Å². The van der Waals surface area contributed by atoms with E-state index in [0.29, 0.717) is 24.0 Å². The number of nitrogens with two attached hydrogens (primary N) is 1. The number of carbonyl (C=O) groups is 3. The van der Waals surface area contributed by atoms with Crippen molar-refractivity contribution in [2.75, 3.05) is 31.6 Å². The van der Waals surface area contributed by atoms with E-state index in [1.165, 1.54) is 37.4 Å². The van der Waals surface area contributed by atoms with Gasteiger partial charge in [-0.3, -0.25) is 14.6 Å². The normalized spacial score (nSPS) is 18.5. The maximum absolute atomic E-state index is 14.8. The zero-order valence-corrected chi connectivity index (χ0v) is 24.8. The lowest BCUT2D eigenvalue weighted by Gasteiger charge is -2.31. The van der Waals surface area contributed by atoms with E-state index in [1.54, 1.807) is 17.0 Å². The molecule has 5 N–H and O–H groups in total. The minimum absolute atomic E-state index is 0.0483. The molecule has 2 aromatic heterocycles. The Morgan fingerprint density at radius 2 is 1.83 bits per heavy atom. The van der Waals surface area contributed by atoms with Crippen molar-refractivity contribution in [3.8, 4) is 17.0 Å². The molecule has 11 nitrogen and oxygen atoms in total. The van der Waals surface area contributed by atoms with Gasteiger partial charge in [-0.15, -0.1) is 0 Å². The maximum Gasteiger partial charge on any atom is 0.424 e. The van der Waals surface area contributed by atoms with Gasteiger partial charge < -0.3 is 31.1 Å². The number of urea groups is 1. The number of alkyl halides is 3. The van der Waals surface area contributed by atoms with Crippen molar-refractivity contribution in [2.24, 2.45) is 5.73 Å². The standard InChI is InChI=1S/C32H28F4N6O5/c1-30(28(37)44)16-47-26-21(30)14-23(41-25(26)17-5-7-20(33)8-6-17)31(46,32(34,35)36)15-39-27(43)19-12-18-4-2-9-38-24(18)22(13-19)40-29(45)42-10-3-11-42/h2,4-9,12-14,46H,3,10-11,15-16H2,1H3,(H2,37,44)(H,39,43)(H,40,45)/t30-,31-/m0/s1. The van der Waals surface area contributed by atoms with Crippen LogP contribution in [0.2, 0.25) is 0 Å². The number of halogens is 4. The summed E-state index contributed by atoms with van der Waals surface area (Å²) in [6.45, 7) is 0.778. The van der Waals surface area contributed by atoms with E-state index >= 15 is 0 Å². The summed E-state index contributed by atoms with van der Waals surface area (Å²) in [5.74, 6) is -2.56. The van der Waals surface area contributed by atoms with Crippen molar-refractivity contribution < 1.29 is 41.8 Å². The summed E-state index contributed by atoms with van der Waals surface area (Å²) in [5.41, 5.74) is -0.403. The number of aliphatic hydroxyl groups is 1. The molecule has 6 rings (SSSR count). The number of pyridine rings is 2. The first-order valence-electron chi connectivity index (χ1n) is 14.5. The summed E-state index contributed by atoms with van der Waals surface area (Å²) in [6, 6.07) is 11.0. The molecule has 0 aliphatic carbocycles. The number of carbonyl (C=O) groups excluding carboxylic acids is 3. The number of hydrogen-bond acceptors (Lipinski definition) is 7. The third-order valence-electron chi connectivity index (χ3n) is 8.48. The van der Waals surface area contributed by atoms with Gasteiger partial charge in [-0.1, -0.05) is 6.07 Å². The van der Waals surface area contributed by atoms with E-state index in [4.69, 9.17) is 10.5 Å². The van der Waals surface area contributed by atoms with Crippen LogP contribution in [0.5, 0.6) is 5.75 Å². The fraction of sp³-hybridized carbons (Fsp3) is 0.281. The molecule has 2 atom stereocenters. The molecule has 4 aromatic rings. The van der Waals surface area contributed by atoms with Crippen LogP contribution in [0, 0.1) is 5.82 Å². The molecule has 15 heteroatoms. The quantitative estimate of drug-likeness (QED) is 0.220. The zero-order chi connectivity index (χ0) is 33.7. The number of primary amides is 1. The Hall–Kier alpha value is -5.31. The molecule has 47 heavy (non-hydrogen) atoms. The third-order valence-corrected chi connectivity index (χ3v) is 8.48. The highest BCUT2D eigenvalue weighted by molar-refractivity contribution is 6.05. The second-order valence-corrected chi connectivity index (χ2v) is 11.6. The van der Waals surface area contributed by atoms with Gasteiger partial charge in [0.25, 0.3) is 5.91 Å². The average Bonchev–Trinajstić information content (AvgIpc) is 3.36. The summed E-state index contributed by atoms with van der Waals surface area (Å²) in [4.78, 5) is 48.3. The van der Waals surface area contributed by atoms with Crippen molar-refractivity contribution in [2.45, 2.75) is 30.5 Å². The first-order chi connectivity index (χ1) is 22.2. The fourth-order valence-corrected chi connectivity index (χ4v) is 5.38. The lowest BCUT2D eigenvalue weighted by Crippen LogP contribution is -2.51. The summed E-state index contributed by atoms with van der Waals surface area (Å²) >= 11 is 0. The lowest BCUT2D eigenvalue weighted by molar-refractivity contribution is -0.265. The highest BCUT2D eigenvalue weighted by Gasteiger charge is 2.57. The van der Waals surface area contributed by atoms with Crippen molar-refractivity contribution in [1.82, 2.24) is 20.2 Å². The molecule has 4 amide bonds. The molecule has 2 aromatic carbocycles. The minimum Gasteiger partial charge on any atom is -0.489 e. The van der Waals surface area contributed by atoms with Crippen molar-refractivity contribution in [1.29, 1.82) is 0 Å². The molecule has 0 bridgehead atoms. The average molecular weight is 653 g/mol. The van der Waals surface area contributed by atoms with E-state index < -0.39 is 53.1 Å². The first kappa shape index (κ1) is 31.7. The van der Waals surface area contributed by atoms with Crippen LogP contribution in [0.25, 0.3) is 22.2 Å². The second kappa shape index (κ2) is 11.5. The lowest BCUT2D eigenvalue weighted by atomic mass is 9.81. The molecule has 0 spiro atoms. The van der Waals surface area contributed by atoms with Gasteiger partial charge in [-0.25, -0.2) is 14.2 Å². The minimum atomic E-state index is -5.40. The fourth-order valence-electron chi connectivity index (χ4n) is 5.38. The Morgan fingerprint density at radius 3 is 2.47 bits per heavy atom. The topological polar surface area (TPSA) is 160 Å². The molecular formula is C32H28F4N6O5. The molecule has 244 valence electrons. The summed E-state index contributed by atoms with van der Waals surface area (Å²) in [5, 5.41) is 16.6. The van der Waals surface area contributed by atoms with Gasteiger partial charge in [0.1, 0.15) is 29.3 Å². The van der Waals surface area contributed by atoms with Crippen LogP contribution in [-0.4, -0.2) is 70.2 Å². The first-order valence-corrected chi connectivity index (χ1v) is 14.5. The number of fused-ring (bicyclic) bond motifs is 2. The molecule has 2 aliphatic rings. The summed E-state index contributed by atoms with van der Waals surface area (Å²) < 4.78 is 63.7. The molecule has 1 saturated heterocycles. The van der Waals surface area contributed by atoms with Crippen LogP contribution >= 0.6 is 0 Å². The largest absolute Gasteiger partial charge is 0.489 e. The Balaban J connectivity index is 1.38. The molecule has 4 heterocycles. The number of anilines is 1. The van der Waals surface area contributed by atoms with Gasteiger partial charge in [0.05, 0.1) is 23.4 Å². The van der Waals surface area contributed by atoms with Gasteiger partial charge >= 0.3 is 12.2 Å². The van der Waals surface area contributed by atoms with Gasteiger partial charge in [0, 0.05) is 41.4 Å². The van der Waals surface area contributed by atoms with Crippen molar-refractivity contribution in [3.05, 3.63) is 83.4 Å². The van der Waals surface area contributed by atoms with Crippen LogP contribution in [0.15, 0.2) is 60.8 Å². The van der Waals surface area contributed by atoms with Gasteiger partial charge in [0.2, 0.25) is 11.5 Å². The van der Waals surface area contributed by atoms with Gasteiger partial charge in [-0.05, 0) is 61.9 Å². The van der Waals surface area contributed by atoms with Crippen LogP contribution in [-0.2, 0) is 15.8 Å². The smallest absolute Gasteiger partial charge is 0.424 e. The molecule has 2 aliphatic heterocycles. The second-order valence-electron chi connectivity index (χ2n) is 11.6. The Labute approximate surface area is 264 Å². The zero-order valence-electron chi connectivity index (χ0n) is 24.8. The van der Waals surface area contributed by atoms with Crippen molar-refractivity contribution in [3.63, 3.8) is 0 Å². The summed E-state index contributed by atoms with van der Waals surface area (Å²) in [7, 11) is 0. The SMILES string of the molecule is C[C@]1(C(N)=O)COc2c1cc([C@@](O)(CNC(=O)c1cc(NC(=O)N3CCC3)c3ncccc3c1)C(F)(F)F)nc2-c1ccc(F)cc1. The number of aromatic nitrogens is 2. The molecular weight excluding hydrogens is 624 g/mol. The number of nitrogens with one attached hydrogen (secondary N) is 2. The number of nitrogens with zero attached hydrogens (tertiary/aromatic N) is 3. The summed E-state index contributed by atoms with van der Waals surface area (Å²) in [6.07, 6.45) is -3.06. The van der Waals surface area contributed by atoms with Crippen LogP contribution in [0.3, 0.4) is 0 Å². The monoisotopic (exact) mass is 652 g/mol. The number of likely N-dealkylation sites (tertiary alicyclic amines) is 1. The molecule has 0 saturated carbocycles. The molecule has 0 radical (unpaired) electrons. The maximum atomic E-state index is 14.8. The van der Waals surface area contributed by atoms with E-state index in [-0.39, 0.29) is 40.4 Å². The highest BCUT2D eigenvalue weighted by Crippen LogP contribution is 2.47. The highest BCUT2D eigenvalue weighted by atomic mass is 19.4. The van der Waals surface area contributed by atoms with E-state index in [1.807, 2.05) is 0 Å². The number of ether oxygens (including phenoxy) is 1. The number of benzene rings is 2. The third kappa shape index (κ3) is 5.56. The molecule has 0 unspecified atom stereocenters. The van der Waals surface area contributed by atoms with Crippen LogP contribution < -0.4 is 21.1 Å².